The van der Waals surface area contributed by atoms with Crippen molar-refractivity contribution in [2.45, 2.75) is 25.7 Å². The van der Waals surface area contributed by atoms with Crippen molar-refractivity contribution in [3.05, 3.63) is 52.5 Å². The molecule has 210 valence electrons. The summed E-state index contributed by atoms with van der Waals surface area (Å²) < 4.78 is 37.7. The second kappa shape index (κ2) is 14.9. The Bertz CT molecular complexity index is 1160. The van der Waals surface area contributed by atoms with E-state index >= 15 is 0 Å². The average molecular weight is 569 g/mol. The lowest BCUT2D eigenvalue weighted by atomic mass is 10.2. The van der Waals surface area contributed by atoms with Crippen LogP contribution in [-0.4, -0.2) is 89.5 Å². The number of nitrogens with zero attached hydrogens (tertiary/aromatic N) is 2. The average Bonchev–Trinajstić information content (AvgIpc) is 2.88. The lowest BCUT2D eigenvalue weighted by Gasteiger charge is -2.19. The van der Waals surface area contributed by atoms with Gasteiger partial charge in [0.15, 0.2) is 0 Å². The van der Waals surface area contributed by atoms with Gasteiger partial charge in [-0.15, -0.1) is 0 Å². The number of carbonyl (C=O) groups excluding carboxylic acids is 2. The number of halogens is 1. The van der Waals surface area contributed by atoms with Gasteiger partial charge in [0, 0.05) is 38.3 Å². The Morgan fingerprint density at radius 2 is 1.63 bits per heavy atom. The molecule has 0 saturated heterocycles. The van der Waals surface area contributed by atoms with Crippen LogP contribution in [0.2, 0.25) is 5.02 Å². The number of benzene rings is 2. The van der Waals surface area contributed by atoms with Crippen LogP contribution < -0.4 is 20.1 Å². The summed E-state index contributed by atoms with van der Waals surface area (Å²) >= 11 is 6.18. The standard InChI is InChI=1S/C26H37ClN4O6S/c1-6-31(7-2)14-15-37-21-10-8-20(9-11-21)26(33)29-13-12-28-24(32)18-30(4)38(34,35)25-19(3)16-22(36-5)17-23(25)27/h8-11,16-17H,6-7,12-15,18H2,1-5H3,(H,28,32)(H,29,33). The zero-order chi connectivity index (χ0) is 28.3. The molecule has 38 heavy (non-hydrogen) atoms. The zero-order valence-electron chi connectivity index (χ0n) is 22.5. The smallest absolute Gasteiger partial charge is 0.251 e. The molecular weight excluding hydrogens is 532 g/mol. The maximum atomic E-state index is 13.0. The Morgan fingerprint density at radius 3 is 2.21 bits per heavy atom. The van der Waals surface area contributed by atoms with Gasteiger partial charge in [-0.25, -0.2) is 8.42 Å². The van der Waals surface area contributed by atoms with E-state index in [0.717, 1.165) is 23.9 Å². The molecule has 0 aliphatic carbocycles. The Balaban J connectivity index is 1.79. The number of ether oxygens (including phenoxy) is 2. The summed E-state index contributed by atoms with van der Waals surface area (Å²) in [4.78, 5) is 26.9. The monoisotopic (exact) mass is 568 g/mol. The molecule has 0 spiro atoms. The van der Waals surface area contributed by atoms with E-state index in [-0.39, 0.29) is 28.9 Å². The van der Waals surface area contributed by atoms with Crippen molar-refractivity contribution in [2.24, 2.45) is 0 Å². The first kappa shape index (κ1) is 31.4. The van der Waals surface area contributed by atoms with Crippen molar-refractivity contribution in [2.75, 3.05) is 60.0 Å². The van der Waals surface area contributed by atoms with Crippen molar-refractivity contribution in [3.63, 3.8) is 0 Å². The van der Waals surface area contributed by atoms with E-state index in [1.165, 1.54) is 20.2 Å². The highest BCUT2D eigenvalue weighted by Gasteiger charge is 2.27. The number of sulfonamides is 1. The van der Waals surface area contributed by atoms with Gasteiger partial charge in [-0.1, -0.05) is 25.4 Å². The molecule has 2 rings (SSSR count). The normalized spacial score (nSPS) is 11.5. The van der Waals surface area contributed by atoms with Gasteiger partial charge < -0.3 is 25.0 Å². The number of likely N-dealkylation sites (N-methyl/N-ethyl adjacent to an activating group) is 2. The van der Waals surface area contributed by atoms with Crippen LogP contribution in [0.3, 0.4) is 0 Å². The molecule has 0 bridgehead atoms. The van der Waals surface area contributed by atoms with Gasteiger partial charge in [0.25, 0.3) is 5.91 Å². The van der Waals surface area contributed by atoms with Crippen molar-refractivity contribution < 1.29 is 27.5 Å². The van der Waals surface area contributed by atoms with E-state index < -0.39 is 22.5 Å². The lowest BCUT2D eigenvalue weighted by Crippen LogP contribution is -2.41. The molecule has 2 aromatic carbocycles. The number of rotatable bonds is 15. The second-order valence-electron chi connectivity index (χ2n) is 8.52. The van der Waals surface area contributed by atoms with E-state index in [1.807, 2.05) is 0 Å². The topological polar surface area (TPSA) is 117 Å². The van der Waals surface area contributed by atoms with E-state index in [9.17, 15) is 18.0 Å². The number of aryl methyl sites for hydroxylation is 1. The molecular formula is C26H37ClN4O6S. The molecule has 2 aromatic rings. The van der Waals surface area contributed by atoms with Crippen LogP contribution in [0.25, 0.3) is 0 Å². The number of methoxy groups -OCH3 is 1. The van der Waals surface area contributed by atoms with E-state index in [1.54, 1.807) is 37.3 Å². The first-order chi connectivity index (χ1) is 18.0. The summed E-state index contributed by atoms with van der Waals surface area (Å²) in [6.07, 6.45) is 0. The fourth-order valence-corrected chi connectivity index (χ4v) is 5.58. The van der Waals surface area contributed by atoms with Crippen molar-refractivity contribution in [1.82, 2.24) is 19.8 Å². The summed E-state index contributed by atoms with van der Waals surface area (Å²) in [5, 5.41) is 5.34. The minimum Gasteiger partial charge on any atom is -0.497 e. The number of amides is 2. The Hall–Kier alpha value is -2.86. The fourth-order valence-electron chi connectivity index (χ4n) is 3.66. The van der Waals surface area contributed by atoms with Crippen LogP contribution in [0.1, 0.15) is 29.8 Å². The Labute approximate surface area is 230 Å². The predicted molar refractivity (Wildman–Crippen MR) is 148 cm³/mol. The molecule has 0 aliphatic heterocycles. The van der Waals surface area contributed by atoms with Gasteiger partial charge in [-0.3, -0.25) is 9.59 Å². The van der Waals surface area contributed by atoms with Crippen LogP contribution in [0.5, 0.6) is 11.5 Å². The molecule has 2 amide bonds. The van der Waals surface area contributed by atoms with E-state index in [4.69, 9.17) is 21.1 Å². The molecule has 0 atom stereocenters. The quantitative estimate of drug-likeness (QED) is 0.317. The van der Waals surface area contributed by atoms with Gasteiger partial charge in [0.1, 0.15) is 23.0 Å². The fraction of sp³-hybridized carbons (Fsp3) is 0.462. The molecule has 0 aliphatic rings. The third kappa shape index (κ3) is 8.87. The van der Waals surface area contributed by atoms with Gasteiger partial charge in [-0.2, -0.15) is 4.31 Å². The minimum absolute atomic E-state index is 0.0102. The number of nitrogens with one attached hydrogen (secondary N) is 2. The van der Waals surface area contributed by atoms with Gasteiger partial charge in [0.2, 0.25) is 15.9 Å². The molecule has 0 saturated carbocycles. The number of hydrogen-bond donors (Lipinski definition) is 2. The van der Waals surface area contributed by atoms with Gasteiger partial charge >= 0.3 is 0 Å². The second-order valence-corrected chi connectivity index (χ2v) is 10.9. The summed E-state index contributed by atoms with van der Waals surface area (Å²) in [5.74, 6) is 0.312. The highest BCUT2D eigenvalue weighted by Crippen LogP contribution is 2.31. The van der Waals surface area contributed by atoms with Crippen LogP contribution in [0, 0.1) is 6.92 Å². The Kier molecular flexibility index (Phi) is 12.3. The molecule has 2 N–H and O–H groups in total. The largest absolute Gasteiger partial charge is 0.497 e. The third-order valence-electron chi connectivity index (χ3n) is 5.89. The summed E-state index contributed by atoms with van der Waals surface area (Å²) in [5.41, 5.74) is 0.869. The highest BCUT2D eigenvalue weighted by molar-refractivity contribution is 7.89. The summed E-state index contributed by atoms with van der Waals surface area (Å²) in [7, 11) is -1.26. The molecule has 0 aromatic heterocycles. The molecule has 0 radical (unpaired) electrons. The van der Waals surface area contributed by atoms with Crippen molar-refractivity contribution in [1.29, 1.82) is 0 Å². The lowest BCUT2D eigenvalue weighted by molar-refractivity contribution is -0.121. The van der Waals surface area contributed by atoms with Gasteiger partial charge in [0.05, 0.1) is 18.7 Å². The highest BCUT2D eigenvalue weighted by atomic mass is 35.5. The molecule has 12 heteroatoms. The van der Waals surface area contributed by atoms with Crippen LogP contribution in [-0.2, 0) is 14.8 Å². The van der Waals surface area contributed by atoms with Crippen LogP contribution >= 0.6 is 11.6 Å². The Morgan fingerprint density at radius 1 is 1.00 bits per heavy atom. The number of carbonyl (C=O) groups is 2. The molecule has 0 heterocycles. The predicted octanol–water partition coefficient (Wildman–Crippen LogP) is 2.54. The SMILES string of the molecule is CCN(CC)CCOc1ccc(C(=O)NCCNC(=O)CN(C)S(=O)(=O)c2c(C)cc(OC)cc2Cl)cc1. The summed E-state index contributed by atoms with van der Waals surface area (Å²) in [6.45, 7) is 9.03. The summed E-state index contributed by atoms with van der Waals surface area (Å²) in [6, 6.07) is 9.80. The number of hydrogen-bond acceptors (Lipinski definition) is 7. The van der Waals surface area contributed by atoms with Crippen molar-refractivity contribution >= 4 is 33.4 Å². The van der Waals surface area contributed by atoms with Crippen LogP contribution in [0.15, 0.2) is 41.3 Å². The first-order valence-corrected chi connectivity index (χ1v) is 14.2. The zero-order valence-corrected chi connectivity index (χ0v) is 24.1. The van der Waals surface area contributed by atoms with Crippen LogP contribution in [0.4, 0.5) is 0 Å². The van der Waals surface area contributed by atoms with Gasteiger partial charge in [-0.05, 0) is 55.9 Å². The van der Waals surface area contributed by atoms with E-state index in [2.05, 4.69) is 29.4 Å². The minimum atomic E-state index is -4.01. The maximum Gasteiger partial charge on any atom is 0.251 e. The first-order valence-electron chi connectivity index (χ1n) is 12.3. The van der Waals surface area contributed by atoms with Crippen molar-refractivity contribution in [3.8, 4) is 11.5 Å². The molecule has 10 nitrogen and oxygen atoms in total. The molecule has 0 unspecified atom stereocenters. The molecule has 0 fully saturated rings. The van der Waals surface area contributed by atoms with E-state index in [0.29, 0.717) is 29.2 Å². The maximum absolute atomic E-state index is 13.0. The third-order valence-corrected chi connectivity index (χ3v) is 8.31.